The van der Waals surface area contributed by atoms with Crippen LogP contribution >= 0.6 is 0 Å². The van der Waals surface area contributed by atoms with Gasteiger partial charge in [-0.1, -0.05) is 6.07 Å². The summed E-state index contributed by atoms with van der Waals surface area (Å²) in [5, 5.41) is 3.55. The Morgan fingerprint density at radius 3 is 2.75 bits per heavy atom. The van der Waals surface area contributed by atoms with Crippen LogP contribution in [0.5, 0.6) is 11.5 Å². The van der Waals surface area contributed by atoms with Gasteiger partial charge in [-0.25, -0.2) is 0 Å². The van der Waals surface area contributed by atoms with Gasteiger partial charge in [0, 0.05) is 30.3 Å². The smallest absolute Gasteiger partial charge is 0.127 e. The largest absolute Gasteiger partial charge is 0.497 e. The third-order valence-corrected chi connectivity index (χ3v) is 4.22. The van der Waals surface area contributed by atoms with Gasteiger partial charge in [0.2, 0.25) is 0 Å². The average Bonchev–Trinajstić information content (AvgIpc) is 2.98. The fourth-order valence-corrected chi connectivity index (χ4v) is 2.82. The van der Waals surface area contributed by atoms with E-state index in [-0.39, 0.29) is 0 Å². The lowest BCUT2D eigenvalue weighted by Gasteiger charge is -2.29. The lowest BCUT2D eigenvalue weighted by atomic mass is 10.0. The lowest BCUT2D eigenvalue weighted by molar-refractivity contribution is 0.233. The van der Waals surface area contributed by atoms with E-state index in [4.69, 9.17) is 9.47 Å². The molecule has 4 nitrogen and oxygen atoms in total. The molecule has 0 saturated carbocycles. The predicted molar refractivity (Wildman–Crippen MR) is 81.6 cm³/mol. The topological polar surface area (TPSA) is 33.7 Å². The third-order valence-electron chi connectivity index (χ3n) is 4.22. The molecule has 1 fully saturated rings. The van der Waals surface area contributed by atoms with Crippen LogP contribution in [0, 0.1) is 0 Å². The van der Waals surface area contributed by atoms with Gasteiger partial charge in [0.25, 0.3) is 0 Å². The highest BCUT2D eigenvalue weighted by molar-refractivity contribution is 5.42. The van der Waals surface area contributed by atoms with Crippen molar-refractivity contribution in [2.45, 2.75) is 31.8 Å². The van der Waals surface area contributed by atoms with Crippen LogP contribution in [0.1, 0.15) is 31.4 Å². The molecule has 1 aromatic rings. The van der Waals surface area contributed by atoms with Crippen LogP contribution in [0.15, 0.2) is 18.2 Å². The van der Waals surface area contributed by atoms with E-state index in [0.717, 1.165) is 24.6 Å². The minimum absolute atomic E-state index is 0.318. The molecule has 1 saturated heterocycles. The molecule has 1 aromatic carbocycles. The Morgan fingerprint density at radius 1 is 1.35 bits per heavy atom. The minimum atomic E-state index is 0.318. The van der Waals surface area contributed by atoms with Crippen molar-refractivity contribution in [1.29, 1.82) is 0 Å². The van der Waals surface area contributed by atoms with Crippen molar-refractivity contribution in [3.05, 3.63) is 23.8 Å². The molecule has 1 N–H and O–H groups in total. The SMILES string of the molecule is COc1ccc(C(C)N(C)CC2CCCN2)c(OC)c1. The fourth-order valence-electron chi connectivity index (χ4n) is 2.82. The number of likely N-dealkylation sites (N-methyl/N-ethyl adjacent to an activating group) is 1. The molecule has 1 heterocycles. The molecule has 20 heavy (non-hydrogen) atoms. The molecule has 1 aliphatic rings. The molecule has 0 amide bonds. The first-order valence-corrected chi connectivity index (χ1v) is 7.31. The highest BCUT2D eigenvalue weighted by Crippen LogP contribution is 2.32. The Balaban J connectivity index is 2.08. The number of hydrogen-bond acceptors (Lipinski definition) is 4. The second kappa shape index (κ2) is 6.95. The quantitative estimate of drug-likeness (QED) is 0.866. The van der Waals surface area contributed by atoms with Crippen molar-refractivity contribution in [2.75, 3.05) is 34.4 Å². The maximum Gasteiger partial charge on any atom is 0.127 e. The second-order valence-electron chi connectivity index (χ2n) is 5.52. The standard InChI is InChI=1S/C16H26N2O2/c1-12(18(2)11-13-6-5-9-17-13)15-8-7-14(19-3)10-16(15)20-4/h7-8,10,12-13,17H,5-6,9,11H2,1-4H3. The zero-order chi connectivity index (χ0) is 14.5. The van der Waals surface area contributed by atoms with Crippen LogP contribution in [-0.4, -0.2) is 45.3 Å². The van der Waals surface area contributed by atoms with Crippen molar-refractivity contribution in [2.24, 2.45) is 0 Å². The number of ether oxygens (including phenoxy) is 2. The zero-order valence-electron chi connectivity index (χ0n) is 13.0. The van der Waals surface area contributed by atoms with Gasteiger partial charge in [0.1, 0.15) is 11.5 Å². The van der Waals surface area contributed by atoms with Crippen LogP contribution < -0.4 is 14.8 Å². The number of benzene rings is 1. The molecule has 112 valence electrons. The van der Waals surface area contributed by atoms with E-state index < -0.39 is 0 Å². The number of nitrogens with one attached hydrogen (secondary N) is 1. The van der Waals surface area contributed by atoms with E-state index in [2.05, 4.69) is 30.3 Å². The summed E-state index contributed by atoms with van der Waals surface area (Å²) in [5.74, 6) is 1.72. The maximum atomic E-state index is 5.51. The Hall–Kier alpha value is -1.26. The van der Waals surface area contributed by atoms with Crippen molar-refractivity contribution in [3.8, 4) is 11.5 Å². The molecular formula is C16H26N2O2. The van der Waals surface area contributed by atoms with Crippen molar-refractivity contribution >= 4 is 0 Å². The first kappa shape index (κ1) is 15.1. The van der Waals surface area contributed by atoms with E-state index in [1.807, 2.05) is 12.1 Å². The average molecular weight is 278 g/mol. The molecule has 0 bridgehead atoms. The number of hydrogen-bond donors (Lipinski definition) is 1. The molecule has 2 rings (SSSR count). The van der Waals surface area contributed by atoms with Gasteiger partial charge in [-0.3, -0.25) is 4.90 Å². The van der Waals surface area contributed by atoms with E-state index in [1.54, 1.807) is 14.2 Å². The Labute approximate surface area is 122 Å². The van der Waals surface area contributed by atoms with Crippen LogP contribution in [0.3, 0.4) is 0 Å². The van der Waals surface area contributed by atoms with Crippen LogP contribution in [0.25, 0.3) is 0 Å². The fraction of sp³-hybridized carbons (Fsp3) is 0.625. The predicted octanol–water partition coefficient (Wildman–Crippen LogP) is 2.45. The summed E-state index contributed by atoms with van der Waals surface area (Å²) < 4.78 is 10.8. The third kappa shape index (κ3) is 3.44. The zero-order valence-corrected chi connectivity index (χ0v) is 13.0. The first-order chi connectivity index (χ1) is 9.65. The van der Waals surface area contributed by atoms with Gasteiger partial charge in [-0.2, -0.15) is 0 Å². The van der Waals surface area contributed by atoms with Crippen LogP contribution in [0.2, 0.25) is 0 Å². The van der Waals surface area contributed by atoms with E-state index in [1.165, 1.54) is 18.4 Å². The van der Waals surface area contributed by atoms with Gasteiger partial charge in [-0.05, 0) is 39.4 Å². The summed E-state index contributed by atoms with van der Waals surface area (Å²) in [7, 11) is 5.56. The lowest BCUT2D eigenvalue weighted by Crippen LogP contribution is -2.36. The molecule has 4 heteroatoms. The first-order valence-electron chi connectivity index (χ1n) is 7.31. The van der Waals surface area contributed by atoms with Crippen LogP contribution in [-0.2, 0) is 0 Å². The van der Waals surface area contributed by atoms with Crippen molar-refractivity contribution in [1.82, 2.24) is 10.2 Å². The maximum absolute atomic E-state index is 5.51. The van der Waals surface area contributed by atoms with E-state index in [0.29, 0.717) is 12.1 Å². The molecule has 0 aromatic heterocycles. The van der Waals surface area contributed by atoms with Gasteiger partial charge in [0.05, 0.1) is 14.2 Å². The Bertz CT molecular complexity index is 430. The molecule has 2 atom stereocenters. The Kier molecular flexibility index (Phi) is 5.26. The molecule has 0 spiro atoms. The normalized spacial score (nSPS) is 20.1. The molecule has 2 unspecified atom stereocenters. The second-order valence-corrected chi connectivity index (χ2v) is 5.52. The summed E-state index contributed by atoms with van der Waals surface area (Å²) in [6.45, 7) is 4.44. The molecule has 0 aliphatic carbocycles. The summed E-state index contributed by atoms with van der Waals surface area (Å²) in [5.41, 5.74) is 1.20. The summed E-state index contributed by atoms with van der Waals surface area (Å²) in [4.78, 5) is 2.38. The van der Waals surface area contributed by atoms with Crippen LogP contribution in [0.4, 0.5) is 0 Å². The molecular weight excluding hydrogens is 252 g/mol. The summed E-state index contributed by atoms with van der Waals surface area (Å²) in [6.07, 6.45) is 2.57. The van der Waals surface area contributed by atoms with E-state index >= 15 is 0 Å². The monoisotopic (exact) mass is 278 g/mol. The molecule has 1 aliphatic heterocycles. The molecule has 0 radical (unpaired) electrons. The minimum Gasteiger partial charge on any atom is -0.497 e. The van der Waals surface area contributed by atoms with Crippen molar-refractivity contribution in [3.63, 3.8) is 0 Å². The van der Waals surface area contributed by atoms with Crippen molar-refractivity contribution < 1.29 is 9.47 Å². The van der Waals surface area contributed by atoms with Gasteiger partial charge in [-0.15, -0.1) is 0 Å². The summed E-state index contributed by atoms with van der Waals surface area (Å²) in [6, 6.07) is 6.98. The number of nitrogens with zero attached hydrogens (tertiary/aromatic N) is 1. The van der Waals surface area contributed by atoms with Gasteiger partial charge < -0.3 is 14.8 Å². The van der Waals surface area contributed by atoms with E-state index in [9.17, 15) is 0 Å². The van der Waals surface area contributed by atoms with Gasteiger partial charge in [0.15, 0.2) is 0 Å². The highest BCUT2D eigenvalue weighted by Gasteiger charge is 2.21. The Morgan fingerprint density at radius 2 is 2.15 bits per heavy atom. The number of rotatable bonds is 6. The van der Waals surface area contributed by atoms with Gasteiger partial charge >= 0.3 is 0 Å². The highest BCUT2D eigenvalue weighted by atomic mass is 16.5. The number of methoxy groups -OCH3 is 2. The summed E-state index contributed by atoms with van der Waals surface area (Å²) >= 11 is 0.